The normalized spacial score (nSPS) is 27.7. The molecule has 2 aliphatic heterocycles. The summed E-state index contributed by atoms with van der Waals surface area (Å²) in [7, 11) is 0. The molecule has 124 valence electrons. The number of hydrogen-bond acceptors (Lipinski definition) is 6. The van der Waals surface area contributed by atoms with Gasteiger partial charge in [0.2, 0.25) is 0 Å². The third-order valence-electron chi connectivity index (χ3n) is 2.83. The van der Waals surface area contributed by atoms with E-state index in [9.17, 15) is 0 Å². The molecule has 8 heteroatoms. The molecule has 0 saturated carbocycles. The summed E-state index contributed by atoms with van der Waals surface area (Å²) in [5, 5.41) is 0. The van der Waals surface area contributed by atoms with Crippen LogP contribution in [0.3, 0.4) is 0 Å². The van der Waals surface area contributed by atoms with Crippen LogP contribution in [0.2, 0.25) is 0 Å². The van der Waals surface area contributed by atoms with Crippen molar-refractivity contribution in [2.24, 2.45) is 10.8 Å². The average molecular weight is 428 g/mol. The van der Waals surface area contributed by atoms with Crippen LogP contribution in [0.4, 0.5) is 0 Å². The van der Waals surface area contributed by atoms with E-state index in [-0.39, 0.29) is 10.8 Å². The Bertz CT molecular complexity index is 309. The van der Waals surface area contributed by atoms with Gasteiger partial charge >= 0.3 is 138 Å². The molecule has 6 nitrogen and oxygen atoms in total. The Kier molecular flexibility index (Phi) is 5.88. The Morgan fingerprint density at radius 3 is 1.29 bits per heavy atom. The van der Waals surface area contributed by atoms with Crippen molar-refractivity contribution in [2.45, 2.75) is 47.3 Å². The molecule has 0 aliphatic carbocycles. The standard InChI is InChI=1S/C13H26As2O6/c1-11(2)7-16-14(17-8-11)20-13(5,6)21-15-18-9-12(3,4)10-19-15/h7-10H2,1-6H3. The van der Waals surface area contributed by atoms with Crippen molar-refractivity contribution < 1.29 is 22.4 Å². The first-order valence-corrected chi connectivity index (χ1v) is 11.7. The molecule has 0 N–H and O–H groups in total. The van der Waals surface area contributed by atoms with Crippen molar-refractivity contribution >= 4 is 31.4 Å². The van der Waals surface area contributed by atoms with E-state index in [1.54, 1.807) is 0 Å². The number of rotatable bonds is 4. The quantitative estimate of drug-likeness (QED) is 0.504. The van der Waals surface area contributed by atoms with Gasteiger partial charge in [-0.15, -0.1) is 0 Å². The first-order valence-electron chi connectivity index (χ1n) is 7.07. The first kappa shape index (κ1) is 18.2. The van der Waals surface area contributed by atoms with Crippen LogP contribution < -0.4 is 0 Å². The van der Waals surface area contributed by atoms with E-state index in [1.165, 1.54) is 0 Å². The topological polar surface area (TPSA) is 55.4 Å². The van der Waals surface area contributed by atoms with E-state index in [2.05, 4.69) is 27.7 Å². The average Bonchev–Trinajstić information content (AvgIpc) is 2.34. The minimum absolute atomic E-state index is 0.0516. The maximum atomic E-state index is 5.88. The molecule has 0 spiro atoms. The molecule has 0 amide bonds. The van der Waals surface area contributed by atoms with Crippen molar-refractivity contribution in [1.29, 1.82) is 0 Å². The molecular formula is C13H26As2O6. The molecule has 2 aliphatic rings. The zero-order chi connectivity index (χ0) is 15.7. The molecule has 2 heterocycles. The SMILES string of the molecule is CC1(C)CO[As](OC(C)(C)O[As]2OCC(C)(C)CO2)OC1. The van der Waals surface area contributed by atoms with Gasteiger partial charge in [-0.2, -0.15) is 0 Å². The second-order valence-electron chi connectivity index (χ2n) is 7.45. The molecule has 0 atom stereocenters. The van der Waals surface area contributed by atoms with Gasteiger partial charge in [0.1, 0.15) is 0 Å². The van der Waals surface area contributed by atoms with Crippen LogP contribution in [0.5, 0.6) is 0 Å². The second-order valence-corrected chi connectivity index (χ2v) is 12.3. The van der Waals surface area contributed by atoms with E-state index in [0.29, 0.717) is 26.4 Å². The van der Waals surface area contributed by atoms with E-state index in [4.69, 9.17) is 22.4 Å². The third kappa shape index (κ3) is 6.12. The van der Waals surface area contributed by atoms with Crippen LogP contribution >= 0.6 is 0 Å². The van der Waals surface area contributed by atoms with Gasteiger partial charge in [0.25, 0.3) is 0 Å². The summed E-state index contributed by atoms with van der Waals surface area (Å²) in [6, 6.07) is 0. The number of hydrogen-bond donors (Lipinski definition) is 0. The van der Waals surface area contributed by atoms with Gasteiger partial charge < -0.3 is 0 Å². The summed E-state index contributed by atoms with van der Waals surface area (Å²) in [6.07, 6.45) is 0. The summed E-state index contributed by atoms with van der Waals surface area (Å²) in [5.74, 6) is -0.803. The van der Waals surface area contributed by atoms with Crippen molar-refractivity contribution in [3.63, 3.8) is 0 Å². The zero-order valence-corrected chi connectivity index (χ0v) is 17.4. The van der Waals surface area contributed by atoms with E-state index in [0.717, 1.165) is 0 Å². The van der Waals surface area contributed by atoms with Crippen LogP contribution in [-0.2, 0) is 22.4 Å². The Labute approximate surface area is 138 Å². The van der Waals surface area contributed by atoms with Crippen molar-refractivity contribution in [3.8, 4) is 0 Å². The molecule has 0 bridgehead atoms. The summed E-state index contributed by atoms with van der Waals surface area (Å²) < 4.78 is 34.6. The zero-order valence-electron chi connectivity index (χ0n) is 13.7. The Morgan fingerprint density at radius 1 is 0.714 bits per heavy atom. The first-order chi connectivity index (χ1) is 9.57. The van der Waals surface area contributed by atoms with Gasteiger partial charge in [0, 0.05) is 0 Å². The molecule has 2 rings (SSSR count). The summed E-state index contributed by atoms with van der Waals surface area (Å²) in [6.45, 7) is 14.8. The predicted octanol–water partition coefficient (Wildman–Crippen LogP) is 1.87. The third-order valence-corrected chi connectivity index (χ3v) is 8.15. The fraction of sp³-hybridized carbons (Fsp3) is 1.00. The van der Waals surface area contributed by atoms with Gasteiger partial charge in [-0.25, -0.2) is 0 Å². The van der Waals surface area contributed by atoms with Gasteiger partial charge in [-0.3, -0.25) is 0 Å². The molecule has 2 saturated heterocycles. The van der Waals surface area contributed by atoms with Gasteiger partial charge in [-0.05, 0) is 0 Å². The van der Waals surface area contributed by atoms with Gasteiger partial charge in [0.05, 0.1) is 0 Å². The van der Waals surface area contributed by atoms with Gasteiger partial charge in [-0.1, -0.05) is 0 Å². The monoisotopic (exact) mass is 428 g/mol. The fourth-order valence-electron chi connectivity index (χ4n) is 1.55. The second kappa shape index (κ2) is 6.78. The minimum atomic E-state index is -2.22. The van der Waals surface area contributed by atoms with E-state index >= 15 is 0 Å². The molecule has 0 unspecified atom stereocenters. The summed E-state index contributed by atoms with van der Waals surface area (Å²) >= 11 is -4.43. The van der Waals surface area contributed by atoms with Crippen LogP contribution in [0.15, 0.2) is 0 Å². The van der Waals surface area contributed by atoms with Crippen molar-refractivity contribution in [3.05, 3.63) is 0 Å². The van der Waals surface area contributed by atoms with Crippen LogP contribution in [0.25, 0.3) is 0 Å². The van der Waals surface area contributed by atoms with E-state index in [1.807, 2.05) is 13.8 Å². The Morgan fingerprint density at radius 2 is 1.00 bits per heavy atom. The van der Waals surface area contributed by atoms with Crippen LogP contribution in [-0.4, -0.2) is 63.6 Å². The van der Waals surface area contributed by atoms with Gasteiger partial charge in [0.15, 0.2) is 0 Å². The molecule has 0 aromatic carbocycles. The molecule has 0 aromatic rings. The molecular weight excluding hydrogens is 402 g/mol. The maximum absolute atomic E-state index is 5.88. The molecule has 0 radical (unpaired) electrons. The Hall–Kier alpha value is 0.877. The molecule has 2 fully saturated rings. The van der Waals surface area contributed by atoms with Crippen LogP contribution in [0.1, 0.15) is 41.5 Å². The summed E-state index contributed by atoms with van der Waals surface area (Å²) in [4.78, 5) is 0. The Balaban J connectivity index is 1.77. The van der Waals surface area contributed by atoms with Crippen molar-refractivity contribution in [2.75, 3.05) is 26.4 Å². The fourth-order valence-corrected chi connectivity index (χ4v) is 8.06. The molecule has 0 aromatic heterocycles. The van der Waals surface area contributed by atoms with E-state index < -0.39 is 37.1 Å². The molecule has 21 heavy (non-hydrogen) atoms. The van der Waals surface area contributed by atoms with Crippen LogP contribution in [0, 0.1) is 10.8 Å². The predicted molar refractivity (Wildman–Crippen MR) is 79.1 cm³/mol. The summed E-state index contributed by atoms with van der Waals surface area (Å²) in [5.41, 5.74) is 0.103. The van der Waals surface area contributed by atoms with Crippen molar-refractivity contribution in [1.82, 2.24) is 0 Å².